The average molecular weight is 309 g/mol. The first-order valence-electron chi connectivity index (χ1n) is 4.12. The van der Waals surface area contributed by atoms with Crippen molar-refractivity contribution in [3.63, 3.8) is 0 Å². The van der Waals surface area contributed by atoms with Crippen LogP contribution in [0.25, 0.3) is 0 Å². The lowest BCUT2D eigenvalue weighted by atomic mass is 10.1. The largest absolute Gasteiger partial charge is 0.465 e. The number of nitro benzene ring substituents is 1. The fraction of sp³-hybridized carbons (Fsp3) is 0.222. The van der Waals surface area contributed by atoms with Crippen LogP contribution in [0.3, 0.4) is 0 Å². The Labute approximate surface area is 105 Å². The first-order valence-corrected chi connectivity index (χ1v) is 5.62. The summed E-state index contributed by atoms with van der Waals surface area (Å²) in [5.74, 6) is -0.623. The number of benzene rings is 1. The minimum absolute atomic E-state index is 0.00301. The molecule has 0 saturated carbocycles. The van der Waals surface area contributed by atoms with Gasteiger partial charge >= 0.3 is 5.97 Å². The molecule has 1 aromatic rings. The van der Waals surface area contributed by atoms with Crippen LogP contribution in [-0.4, -0.2) is 18.0 Å². The standard InChI is InChI=1S/C9H7BrClNO4/c1-16-9(13)6-2-5(4-10)8(12(14)15)3-7(6)11/h2-3H,4H2,1H3. The average Bonchev–Trinajstić information content (AvgIpc) is 2.27. The number of halogens is 2. The van der Waals surface area contributed by atoms with E-state index in [-0.39, 0.29) is 21.6 Å². The Morgan fingerprint density at radius 1 is 1.62 bits per heavy atom. The minimum Gasteiger partial charge on any atom is -0.465 e. The summed E-state index contributed by atoms with van der Waals surface area (Å²) in [4.78, 5) is 21.4. The van der Waals surface area contributed by atoms with Crippen LogP contribution in [0.1, 0.15) is 15.9 Å². The molecule has 86 valence electrons. The van der Waals surface area contributed by atoms with Gasteiger partial charge in [-0.25, -0.2) is 4.79 Å². The molecule has 0 fully saturated rings. The quantitative estimate of drug-likeness (QED) is 0.372. The van der Waals surface area contributed by atoms with E-state index in [0.717, 1.165) is 6.07 Å². The Morgan fingerprint density at radius 3 is 2.69 bits per heavy atom. The maximum Gasteiger partial charge on any atom is 0.339 e. The van der Waals surface area contributed by atoms with E-state index in [9.17, 15) is 14.9 Å². The molecule has 7 heteroatoms. The predicted octanol–water partition coefficient (Wildman–Crippen LogP) is 2.93. The number of carbonyl (C=O) groups excluding carboxylic acids is 1. The molecule has 1 aromatic carbocycles. The molecule has 5 nitrogen and oxygen atoms in total. The zero-order valence-electron chi connectivity index (χ0n) is 8.20. The molecule has 0 aliphatic carbocycles. The number of nitro groups is 1. The third-order valence-corrected chi connectivity index (χ3v) is 2.83. The lowest BCUT2D eigenvalue weighted by Gasteiger charge is -2.05. The molecule has 0 aliphatic rings. The molecular weight excluding hydrogens is 301 g/mol. The van der Waals surface area contributed by atoms with Crippen LogP contribution in [0.5, 0.6) is 0 Å². The van der Waals surface area contributed by atoms with Gasteiger partial charge in [0, 0.05) is 17.0 Å². The first-order chi connectivity index (χ1) is 7.51. The molecule has 0 radical (unpaired) electrons. The molecule has 0 atom stereocenters. The molecule has 0 aliphatic heterocycles. The van der Waals surface area contributed by atoms with Crippen LogP contribution >= 0.6 is 27.5 Å². The maximum atomic E-state index is 11.3. The van der Waals surface area contributed by atoms with E-state index in [1.165, 1.54) is 13.2 Å². The van der Waals surface area contributed by atoms with Gasteiger partial charge in [0.25, 0.3) is 5.69 Å². The SMILES string of the molecule is COC(=O)c1cc(CBr)c([N+](=O)[O-])cc1Cl. The van der Waals surface area contributed by atoms with Crippen LogP contribution < -0.4 is 0 Å². The molecule has 0 bridgehead atoms. The Balaban J connectivity index is 3.37. The normalized spacial score (nSPS) is 9.94. The topological polar surface area (TPSA) is 69.4 Å². The van der Waals surface area contributed by atoms with Crippen molar-refractivity contribution >= 4 is 39.2 Å². The summed E-state index contributed by atoms with van der Waals surface area (Å²) in [6, 6.07) is 2.49. The number of esters is 1. The van der Waals surface area contributed by atoms with E-state index in [1.54, 1.807) is 0 Å². The van der Waals surface area contributed by atoms with Crippen molar-refractivity contribution in [3.8, 4) is 0 Å². The molecule has 16 heavy (non-hydrogen) atoms. The van der Waals surface area contributed by atoms with Crippen molar-refractivity contribution in [1.29, 1.82) is 0 Å². The van der Waals surface area contributed by atoms with Crippen molar-refractivity contribution in [2.75, 3.05) is 7.11 Å². The summed E-state index contributed by atoms with van der Waals surface area (Å²) >= 11 is 8.86. The Morgan fingerprint density at radius 2 is 2.25 bits per heavy atom. The predicted molar refractivity (Wildman–Crippen MR) is 62.1 cm³/mol. The Bertz CT molecular complexity index is 449. The molecule has 0 spiro atoms. The van der Waals surface area contributed by atoms with Crippen LogP contribution in [0.4, 0.5) is 5.69 Å². The third-order valence-electron chi connectivity index (χ3n) is 1.91. The highest BCUT2D eigenvalue weighted by molar-refractivity contribution is 9.08. The van der Waals surface area contributed by atoms with Crippen molar-refractivity contribution in [2.45, 2.75) is 5.33 Å². The summed E-state index contributed by atoms with van der Waals surface area (Å²) < 4.78 is 4.51. The van der Waals surface area contributed by atoms with E-state index >= 15 is 0 Å². The number of methoxy groups -OCH3 is 1. The zero-order chi connectivity index (χ0) is 12.3. The van der Waals surface area contributed by atoms with E-state index in [4.69, 9.17) is 11.6 Å². The van der Waals surface area contributed by atoms with Gasteiger partial charge < -0.3 is 4.74 Å². The number of hydrogen-bond acceptors (Lipinski definition) is 4. The maximum absolute atomic E-state index is 11.3. The summed E-state index contributed by atoms with van der Waals surface area (Å²) in [7, 11) is 1.22. The highest BCUT2D eigenvalue weighted by Gasteiger charge is 2.20. The summed E-state index contributed by atoms with van der Waals surface area (Å²) in [6.07, 6.45) is 0. The van der Waals surface area contributed by atoms with Gasteiger partial charge in [-0.2, -0.15) is 0 Å². The van der Waals surface area contributed by atoms with Crippen LogP contribution in [0.2, 0.25) is 5.02 Å². The summed E-state index contributed by atoms with van der Waals surface area (Å²) in [5.41, 5.74) is 0.355. The minimum atomic E-state index is -0.623. The van der Waals surface area contributed by atoms with Gasteiger partial charge in [0.05, 0.1) is 22.6 Å². The smallest absolute Gasteiger partial charge is 0.339 e. The molecule has 1 rings (SSSR count). The van der Waals surface area contributed by atoms with Crippen molar-refractivity contribution < 1.29 is 14.5 Å². The molecule has 0 amide bonds. The highest BCUT2D eigenvalue weighted by atomic mass is 79.9. The van der Waals surface area contributed by atoms with E-state index < -0.39 is 10.9 Å². The van der Waals surface area contributed by atoms with Gasteiger partial charge in [-0.1, -0.05) is 27.5 Å². The lowest BCUT2D eigenvalue weighted by Crippen LogP contribution is -2.04. The molecule has 0 aromatic heterocycles. The van der Waals surface area contributed by atoms with Crippen LogP contribution in [-0.2, 0) is 10.1 Å². The highest BCUT2D eigenvalue weighted by Crippen LogP contribution is 2.29. The van der Waals surface area contributed by atoms with E-state index in [1.807, 2.05) is 0 Å². The lowest BCUT2D eigenvalue weighted by molar-refractivity contribution is -0.385. The first kappa shape index (κ1) is 12.9. The van der Waals surface area contributed by atoms with Gasteiger partial charge in [0.15, 0.2) is 0 Å². The van der Waals surface area contributed by atoms with Gasteiger partial charge in [-0.05, 0) is 6.07 Å². The number of rotatable bonds is 3. The summed E-state index contributed by atoms with van der Waals surface area (Å²) in [5, 5.41) is 11.0. The second-order valence-corrected chi connectivity index (χ2v) is 3.81. The molecule has 0 saturated heterocycles. The van der Waals surface area contributed by atoms with E-state index in [2.05, 4.69) is 20.7 Å². The zero-order valence-corrected chi connectivity index (χ0v) is 10.5. The Hall–Kier alpha value is -1.14. The fourth-order valence-corrected chi connectivity index (χ4v) is 1.84. The third kappa shape index (κ3) is 2.51. The number of nitrogens with zero attached hydrogens (tertiary/aromatic N) is 1. The Kier molecular flexibility index (Phi) is 4.26. The fourth-order valence-electron chi connectivity index (χ4n) is 1.15. The monoisotopic (exact) mass is 307 g/mol. The van der Waals surface area contributed by atoms with Gasteiger partial charge in [-0.15, -0.1) is 0 Å². The van der Waals surface area contributed by atoms with Crippen molar-refractivity contribution in [2.24, 2.45) is 0 Å². The van der Waals surface area contributed by atoms with Crippen molar-refractivity contribution in [3.05, 3.63) is 38.4 Å². The molecular formula is C9H7BrClNO4. The second kappa shape index (κ2) is 5.27. The van der Waals surface area contributed by atoms with Gasteiger partial charge in [0.1, 0.15) is 0 Å². The number of alkyl halides is 1. The van der Waals surface area contributed by atoms with Crippen LogP contribution in [0.15, 0.2) is 12.1 Å². The van der Waals surface area contributed by atoms with Gasteiger partial charge in [0.2, 0.25) is 0 Å². The van der Waals surface area contributed by atoms with Gasteiger partial charge in [-0.3, -0.25) is 10.1 Å². The van der Waals surface area contributed by atoms with Crippen LogP contribution in [0, 0.1) is 10.1 Å². The molecule has 0 heterocycles. The van der Waals surface area contributed by atoms with Crippen molar-refractivity contribution in [1.82, 2.24) is 0 Å². The van der Waals surface area contributed by atoms with E-state index in [0.29, 0.717) is 5.56 Å². The molecule has 0 unspecified atom stereocenters. The second-order valence-electron chi connectivity index (χ2n) is 2.84. The number of ether oxygens (including phenoxy) is 1. The number of hydrogen-bond donors (Lipinski definition) is 0. The number of carbonyl (C=O) groups is 1. The summed E-state index contributed by atoms with van der Waals surface area (Å²) in [6.45, 7) is 0. The molecule has 0 N–H and O–H groups in total.